The first kappa shape index (κ1) is 15.3. The number of nitrogens with zero attached hydrogens (tertiary/aromatic N) is 1. The number of benzene rings is 1. The van der Waals surface area contributed by atoms with E-state index in [4.69, 9.17) is 0 Å². The van der Waals surface area contributed by atoms with Gasteiger partial charge in [-0.1, -0.05) is 12.1 Å². The molecule has 106 valence electrons. The molecule has 2 amide bonds. The summed E-state index contributed by atoms with van der Waals surface area (Å²) >= 11 is 0. The summed E-state index contributed by atoms with van der Waals surface area (Å²) in [6.07, 6.45) is -4.33. The number of carbonyl (C=O) groups is 1. The number of urea groups is 1. The molecule has 0 aliphatic rings. The van der Waals surface area contributed by atoms with Crippen molar-refractivity contribution in [2.24, 2.45) is 0 Å². The highest BCUT2D eigenvalue weighted by Crippen LogP contribution is 2.28. The topological polar surface area (TPSA) is 32.3 Å². The zero-order chi connectivity index (χ0) is 14.5. The van der Waals surface area contributed by atoms with Gasteiger partial charge in [0.2, 0.25) is 0 Å². The van der Waals surface area contributed by atoms with Crippen LogP contribution in [0.4, 0.5) is 18.0 Å². The first-order chi connectivity index (χ1) is 8.88. The van der Waals surface area contributed by atoms with Gasteiger partial charge in [-0.3, -0.25) is 0 Å². The van der Waals surface area contributed by atoms with Gasteiger partial charge in [0, 0.05) is 19.6 Å². The third-order valence-electron chi connectivity index (χ3n) is 2.78. The maximum atomic E-state index is 12.4. The average molecular weight is 274 g/mol. The molecule has 0 heterocycles. The summed E-state index contributed by atoms with van der Waals surface area (Å²) in [6, 6.07) is 4.54. The Kier molecular flexibility index (Phi) is 5.20. The van der Waals surface area contributed by atoms with Crippen molar-refractivity contribution in [3.8, 4) is 0 Å². The van der Waals surface area contributed by atoms with Crippen molar-refractivity contribution in [3.05, 3.63) is 35.4 Å². The predicted octanol–water partition coefficient (Wildman–Crippen LogP) is 3.26. The highest BCUT2D eigenvalue weighted by Gasteiger charge is 2.29. The lowest BCUT2D eigenvalue weighted by Gasteiger charge is -2.19. The van der Waals surface area contributed by atoms with E-state index in [1.54, 1.807) is 4.90 Å². The van der Waals surface area contributed by atoms with E-state index in [9.17, 15) is 18.0 Å². The lowest BCUT2D eigenvalue weighted by atomic mass is 10.1. The Labute approximate surface area is 110 Å². The molecule has 0 spiro atoms. The van der Waals surface area contributed by atoms with Crippen LogP contribution in [0.15, 0.2) is 24.3 Å². The summed E-state index contributed by atoms with van der Waals surface area (Å²) in [6.45, 7) is 5.13. The van der Waals surface area contributed by atoms with Gasteiger partial charge in [0.25, 0.3) is 0 Å². The summed E-state index contributed by atoms with van der Waals surface area (Å²) in [5, 5.41) is 2.66. The second-order valence-corrected chi connectivity index (χ2v) is 4.03. The minimum absolute atomic E-state index is 0.216. The number of hydrogen-bond acceptors (Lipinski definition) is 1. The first-order valence-electron chi connectivity index (χ1n) is 6.07. The van der Waals surface area contributed by atoms with E-state index in [1.807, 2.05) is 13.8 Å². The summed E-state index contributed by atoms with van der Waals surface area (Å²) in [7, 11) is 0. The number of rotatable bonds is 4. The van der Waals surface area contributed by atoms with Gasteiger partial charge >= 0.3 is 12.2 Å². The van der Waals surface area contributed by atoms with Crippen LogP contribution >= 0.6 is 0 Å². The number of carbonyl (C=O) groups excluding carboxylic acids is 1. The van der Waals surface area contributed by atoms with E-state index in [0.717, 1.165) is 12.1 Å². The van der Waals surface area contributed by atoms with Crippen molar-refractivity contribution in [2.45, 2.75) is 26.6 Å². The van der Waals surface area contributed by atoms with Crippen molar-refractivity contribution in [1.29, 1.82) is 0 Å². The Balaban J connectivity index is 2.57. The van der Waals surface area contributed by atoms with Crippen LogP contribution in [0.25, 0.3) is 0 Å². The Bertz CT molecular complexity index is 411. The lowest BCUT2D eigenvalue weighted by molar-refractivity contribution is -0.137. The van der Waals surface area contributed by atoms with Crippen molar-refractivity contribution < 1.29 is 18.0 Å². The van der Waals surface area contributed by atoms with Gasteiger partial charge in [-0.2, -0.15) is 13.2 Å². The van der Waals surface area contributed by atoms with Crippen molar-refractivity contribution in [1.82, 2.24) is 10.2 Å². The molecule has 0 aliphatic heterocycles. The zero-order valence-corrected chi connectivity index (χ0v) is 10.9. The van der Waals surface area contributed by atoms with Gasteiger partial charge in [0.15, 0.2) is 0 Å². The van der Waals surface area contributed by atoms with E-state index < -0.39 is 11.7 Å². The van der Waals surface area contributed by atoms with Gasteiger partial charge < -0.3 is 10.2 Å². The van der Waals surface area contributed by atoms with Crippen LogP contribution in [0.3, 0.4) is 0 Å². The fourth-order valence-corrected chi connectivity index (χ4v) is 1.61. The van der Waals surface area contributed by atoms with Gasteiger partial charge in [-0.25, -0.2) is 4.79 Å². The van der Waals surface area contributed by atoms with E-state index in [0.29, 0.717) is 18.7 Å². The molecule has 0 radical (unpaired) electrons. The summed E-state index contributed by atoms with van der Waals surface area (Å²) < 4.78 is 37.1. The van der Waals surface area contributed by atoms with Crippen molar-refractivity contribution in [3.63, 3.8) is 0 Å². The fourth-order valence-electron chi connectivity index (χ4n) is 1.61. The van der Waals surface area contributed by atoms with Crippen molar-refractivity contribution >= 4 is 6.03 Å². The SMILES string of the molecule is CCN(CC)C(=O)NCc1ccc(C(F)(F)F)cc1. The summed E-state index contributed by atoms with van der Waals surface area (Å²) in [4.78, 5) is 13.2. The summed E-state index contributed by atoms with van der Waals surface area (Å²) in [5.41, 5.74) is -0.0557. The Morgan fingerprint density at radius 3 is 2.11 bits per heavy atom. The third kappa shape index (κ3) is 4.46. The second kappa shape index (κ2) is 6.45. The van der Waals surface area contributed by atoms with Crippen LogP contribution < -0.4 is 5.32 Å². The van der Waals surface area contributed by atoms with Crippen LogP contribution in [-0.4, -0.2) is 24.0 Å². The molecule has 0 fully saturated rings. The zero-order valence-electron chi connectivity index (χ0n) is 10.9. The molecule has 0 aliphatic carbocycles. The fraction of sp³-hybridized carbons (Fsp3) is 0.462. The second-order valence-electron chi connectivity index (χ2n) is 4.03. The van der Waals surface area contributed by atoms with Gasteiger partial charge in [0.1, 0.15) is 0 Å². The molecule has 1 aromatic rings. The molecule has 19 heavy (non-hydrogen) atoms. The largest absolute Gasteiger partial charge is 0.416 e. The molecule has 1 N–H and O–H groups in total. The molecular formula is C13H17F3N2O. The van der Waals surface area contributed by atoms with E-state index in [2.05, 4.69) is 5.32 Å². The van der Waals surface area contributed by atoms with Crippen LogP contribution in [0.1, 0.15) is 25.0 Å². The Morgan fingerprint density at radius 2 is 1.68 bits per heavy atom. The van der Waals surface area contributed by atoms with Crippen LogP contribution in [0, 0.1) is 0 Å². The minimum atomic E-state index is -4.33. The number of halogens is 3. The average Bonchev–Trinajstić information content (AvgIpc) is 2.37. The van der Waals surface area contributed by atoms with Gasteiger partial charge in [-0.05, 0) is 31.5 Å². The highest BCUT2D eigenvalue weighted by molar-refractivity contribution is 5.74. The third-order valence-corrected chi connectivity index (χ3v) is 2.78. The number of nitrogens with one attached hydrogen (secondary N) is 1. The number of alkyl halides is 3. The Morgan fingerprint density at radius 1 is 1.16 bits per heavy atom. The quantitative estimate of drug-likeness (QED) is 0.898. The standard InChI is InChI=1S/C13H17F3N2O/c1-3-18(4-2)12(19)17-9-10-5-7-11(8-6-10)13(14,15)16/h5-8H,3-4,9H2,1-2H3,(H,17,19). The monoisotopic (exact) mass is 274 g/mol. The molecule has 6 heteroatoms. The summed E-state index contributed by atoms with van der Waals surface area (Å²) in [5.74, 6) is 0. The molecule has 0 saturated heterocycles. The van der Waals surface area contributed by atoms with Crippen LogP contribution in [0.5, 0.6) is 0 Å². The molecule has 1 rings (SSSR count). The molecular weight excluding hydrogens is 257 g/mol. The van der Waals surface area contributed by atoms with Gasteiger partial charge in [0.05, 0.1) is 5.56 Å². The molecule has 0 saturated carbocycles. The molecule has 0 bridgehead atoms. The normalized spacial score (nSPS) is 11.2. The maximum Gasteiger partial charge on any atom is 0.416 e. The Hall–Kier alpha value is -1.72. The molecule has 0 atom stereocenters. The van der Waals surface area contributed by atoms with Crippen molar-refractivity contribution in [2.75, 3.05) is 13.1 Å². The number of amides is 2. The molecule has 3 nitrogen and oxygen atoms in total. The van der Waals surface area contributed by atoms with Crippen LogP contribution in [0.2, 0.25) is 0 Å². The number of hydrogen-bond donors (Lipinski definition) is 1. The smallest absolute Gasteiger partial charge is 0.334 e. The lowest BCUT2D eigenvalue weighted by Crippen LogP contribution is -2.39. The van der Waals surface area contributed by atoms with Gasteiger partial charge in [-0.15, -0.1) is 0 Å². The highest BCUT2D eigenvalue weighted by atomic mass is 19.4. The minimum Gasteiger partial charge on any atom is -0.334 e. The van der Waals surface area contributed by atoms with E-state index >= 15 is 0 Å². The molecule has 0 unspecified atom stereocenters. The van der Waals surface area contributed by atoms with E-state index in [-0.39, 0.29) is 12.6 Å². The van der Waals surface area contributed by atoms with Crippen LogP contribution in [-0.2, 0) is 12.7 Å². The first-order valence-corrected chi connectivity index (χ1v) is 6.07. The molecule has 0 aromatic heterocycles. The van der Waals surface area contributed by atoms with E-state index in [1.165, 1.54) is 12.1 Å². The molecule has 1 aromatic carbocycles. The maximum absolute atomic E-state index is 12.4. The predicted molar refractivity (Wildman–Crippen MR) is 66.6 cm³/mol.